The fraction of sp³-hybridized carbons (Fsp3) is 0.512. The van der Waals surface area contributed by atoms with E-state index < -0.39 is 41.8 Å². The van der Waals surface area contributed by atoms with E-state index in [4.69, 9.17) is 9.72 Å². The number of carbonyl (C=O) groups excluding carboxylic acids is 5. The lowest BCUT2D eigenvalue weighted by molar-refractivity contribution is -0.122. The molecule has 0 spiro atoms. The van der Waals surface area contributed by atoms with Crippen molar-refractivity contribution in [2.24, 2.45) is 5.92 Å². The highest BCUT2D eigenvalue weighted by Gasteiger charge is 2.45. The number of piperidine rings is 2. The molecule has 8 aliphatic rings. The van der Waals surface area contributed by atoms with E-state index in [1.165, 1.54) is 16.9 Å². The third-order valence-electron chi connectivity index (χ3n) is 13.8. The van der Waals surface area contributed by atoms with Crippen molar-refractivity contribution < 1.29 is 37.5 Å². The third kappa shape index (κ3) is 6.48. The number of halogens is 2. The second-order valence-electron chi connectivity index (χ2n) is 17.3. The van der Waals surface area contributed by atoms with Crippen LogP contribution in [0.25, 0.3) is 5.65 Å². The molecule has 1 aliphatic carbocycles. The number of aromatic nitrogens is 5. The first kappa shape index (κ1) is 37.9. The number of imide groups is 2. The minimum absolute atomic E-state index is 0.00391. The fourth-order valence-electron chi connectivity index (χ4n) is 10.6. The SMILES string of the molecule is O=C1CCN(N2C(=O)c3ccc(N4CC5CC[C@@H]4CN5CC4CCC(n5cc(NC(=O)c6cnn7ccc(N8C[C@H]9C[C@@H]8CO9)nc67)c(C(F)F)n5)CC4)cc3C2=O)C(=O)N1. The number of ether oxygens (including phenoxy) is 1. The van der Waals surface area contributed by atoms with Gasteiger partial charge >= 0.3 is 6.03 Å². The molecule has 4 bridgehead atoms. The van der Waals surface area contributed by atoms with Gasteiger partial charge < -0.3 is 19.9 Å². The molecule has 1 aromatic carbocycles. The molecule has 7 fully saturated rings. The number of nitrogens with zero attached hydrogens (tertiary/aromatic N) is 10. The van der Waals surface area contributed by atoms with Crippen molar-refractivity contribution >= 4 is 52.5 Å². The van der Waals surface area contributed by atoms with Crippen LogP contribution in [0.15, 0.2) is 42.9 Å². The van der Waals surface area contributed by atoms with Crippen molar-refractivity contribution in [2.45, 2.75) is 88.1 Å². The van der Waals surface area contributed by atoms with Gasteiger partial charge in [0.15, 0.2) is 11.3 Å². The monoisotopic (exact) mass is 838 g/mol. The Morgan fingerprint density at radius 2 is 1.72 bits per heavy atom. The van der Waals surface area contributed by atoms with Crippen LogP contribution in [-0.2, 0) is 9.53 Å². The Kier molecular flexibility index (Phi) is 9.06. The predicted molar refractivity (Wildman–Crippen MR) is 212 cm³/mol. The van der Waals surface area contributed by atoms with Gasteiger partial charge in [0.1, 0.15) is 11.4 Å². The predicted octanol–water partition coefficient (Wildman–Crippen LogP) is 3.63. The van der Waals surface area contributed by atoms with Crippen molar-refractivity contribution in [2.75, 3.05) is 54.4 Å². The van der Waals surface area contributed by atoms with Gasteiger partial charge in [-0.2, -0.15) is 15.2 Å². The van der Waals surface area contributed by atoms with Crippen molar-refractivity contribution in [3.05, 3.63) is 65.2 Å². The first-order valence-electron chi connectivity index (χ1n) is 21.1. The lowest BCUT2D eigenvalue weighted by atomic mass is 9.83. The van der Waals surface area contributed by atoms with Crippen LogP contribution in [0.1, 0.15) is 101 Å². The number of piperazine rings is 1. The number of hydrogen-bond acceptors (Lipinski definition) is 12. The zero-order valence-corrected chi connectivity index (χ0v) is 33.2. The second-order valence-corrected chi connectivity index (χ2v) is 17.3. The molecule has 0 radical (unpaired) electrons. The average molecular weight is 839 g/mol. The number of fused-ring (bicyclic) bond motifs is 7. The van der Waals surface area contributed by atoms with Gasteiger partial charge in [0.05, 0.1) is 54.4 Å². The van der Waals surface area contributed by atoms with Crippen LogP contribution < -0.4 is 20.4 Å². The molecule has 318 valence electrons. The fourth-order valence-corrected chi connectivity index (χ4v) is 10.6. The lowest BCUT2D eigenvalue weighted by Crippen LogP contribution is -2.63. The van der Waals surface area contributed by atoms with Crippen molar-refractivity contribution in [1.82, 2.24) is 44.6 Å². The lowest BCUT2D eigenvalue weighted by Gasteiger charge is -2.53. The summed E-state index contributed by atoms with van der Waals surface area (Å²) >= 11 is 0. The van der Waals surface area contributed by atoms with Crippen molar-refractivity contribution in [3.8, 4) is 0 Å². The van der Waals surface area contributed by atoms with Crippen LogP contribution in [0.5, 0.6) is 0 Å². The number of carbonyl (C=O) groups is 5. The number of alkyl halides is 2. The second kappa shape index (κ2) is 14.6. The summed E-state index contributed by atoms with van der Waals surface area (Å²) in [6.07, 6.45) is 8.32. The van der Waals surface area contributed by atoms with E-state index in [9.17, 15) is 32.8 Å². The van der Waals surface area contributed by atoms with Gasteiger partial charge in [0, 0.05) is 62.8 Å². The normalized spacial score (nSPS) is 27.6. The smallest absolute Gasteiger partial charge is 0.343 e. The molecular formula is C41H44F2N12O6. The topological polar surface area (TPSA) is 183 Å². The molecule has 7 aliphatic heterocycles. The Labute approximate surface area is 347 Å². The van der Waals surface area contributed by atoms with Crippen LogP contribution in [0.2, 0.25) is 0 Å². The molecule has 10 heterocycles. The molecule has 4 aromatic rings. The molecule has 6 amide bonds. The largest absolute Gasteiger partial charge is 0.374 e. The van der Waals surface area contributed by atoms with Crippen LogP contribution >= 0.6 is 0 Å². The first-order chi connectivity index (χ1) is 29.6. The van der Waals surface area contributed by atoms with E-state index in [0.29, 0.717) is 24.2 Å². The quantitative estimate of drug-likeness (QED) is 0.234. The number of urea groups is 1. The number of morpholine rings is 1. The maximum Gasteiger partial charge on any atom is 0.343 e. The minimum atomic E-state index is -2.88. The third-order valence-corrected chi connectivity index (χ3v) is 13.8. The number of amides is 6. The van der Waals surface area contributed by atoms with Gasteiger partial charge in [-0.25, -0.2) is 28.1 Å². The molecule has 1 saturated carbocycles. The van der Waals surface area contributed by atoms with Crippen molar-refractivity contribution in [1.29, 1.82) is 0 Å². The van der Waals surface area contributed by atoms with E-state index >= 15 is 0 Å². The van der Waals surface area contributed by atoms with Gasteiger partial charge in [-0.15, -0.1) is 0 Å². The van der Waals surface area contributed by atoms with Gasteiger partial charge in [-0.1, -0.05) is 0 Å². The Hall–Kier alpha value is -6.02. The summed E-state index contributed by atoms with van der Waals surface area (Å²) in [4.78, 5) is 76.2. The summed E-state index contributed by atoms with van der Waals surface area (Å²) in [5, 5.41) is 15.3. The van der Waals surface area contributed by atoms with Gasteiger partial charge in [0.2, 0.25) is 5.91 Å². The molecule has 2 N–H and O–H groups in total. The summed E-state index contributed by atoms with van der Waals surface area (Å²) in [5.41, 5.74) is 1.37. The standard InChI is InChI=1S/C41H44F2N12O6/c42-36(43)35-32(45-38(57)31-15-44-52-11-9-33(46-37(31)52)51-19-28-13-27(51)21-61-28)20-53(48-35)23-3-1-22(2-4-23)16-49-17-26-6-5-25(49)18-50(26)24-7-8-29-30(14-24)40(59)55(39(29)58)54-12-10-34(56)47-41(54)60/h7-9,11,14-15,20,22-23,25-28,36H,1-6,10,12-13,16-19,21H2,(H,45,57)(H,47,56,60)/t22?,23?,25?,26-,27-,28-/m1/s1. The summed E-state index contributed by atoms with van der Waals surface area (Å²) in [6.45, 7) is 3.88. The number of hydrazine groups is 1. The average Bonchev–Trinajstić information content (AvgIpc) is 4.11. The zero-order chi connectivity index (χ0) is 41.7. The molecule has 4 atom stereocenters. The molecule has 20 heteroatoms. The first-order valence-corrected chi connectivity index (χ1v) is 21.1. The molecular weight excluding hydrogens is 795 g/mol. The zero-order valence-electron chi connectivity index (χ0n) is 33.2. The van der Waals surface area contributed by atoms with Gasteiger partial charge in [0.25, 0.3) is 24.1 Å². The van der Waals surface area contributed by atoms with Gasteiger partial charge in [-0.3, -0.25) is 34.1 Å². The van der Waals surface area contributed by atoms with Crippen LogP contribution in [0.4, 0.5) is 30.8 Å². The van der Waals surface area contributed by atoms with E-state index in [2.05, 4.69) is 35.5 Å². The minimum Gasteiger partial charge on any atom is -0.374 e. The molecule has 18 nitrogen and oxygen atoms in total. The Morgan fingerprint density at radius 3 is 2.46 bits per heavy atom. The molecule has 6 saturated heterocycles. The Balaban J connectivity index is 0.713. The van der Waals surface area contributed by atoms with Crippen LogP contribution in [0.3, 0.4) is 0 Å². The van der Waals surface area contributed by atoms with E-state index in [-0.39, 0.29) is 59.6 Å². The Bertz CT molecular complexity index is 2480. The van der Waals surface area contributed by atoms with E-state index in [1.807, 2.05) is 12.1 Å². The Morgan fingerprint density at radius 1 is 0.918 bits per heavy atom. The summed E-state index contributed by atoms with van der Waals surface area (Å²) in [7, 11) is 0. The van der Waals surface area contributed by atoms with Crippen molar-refractivity contribution in [3.63, 3.8) is 0 Å². The summed E-state index contributed by atoms with van der Waals surface area (Å²) < 4.78 is 37.5. The van der Waals surface area contributed by atoms with E-state index in [1.54, 1.807) is 23.0 Å². The highest BCUT2D eigenvalue weighted by molar-refractivity contribution is 6.22. The summed E-state index contributed by atoms with van der Waals surface area (Å²) in [5.74, 6) is -1.05. The molecule has 61 heavy (non-hydrogen) atoms. The number of nitrogens with one attached hydrogen (secondary N) is 2. The number of anilines is 3. The number of hydrogen-bond donors (Lipinski definition) is 2. The molecule has 1 unspecified atom stereocenters. The highest BCUT2D eigenvalue weighted by atomic mass is 19.3. The number of benzene rings is 1. The molecule has 12 rings (SSSR count). The maximum absolute atomic E-state index is 14.4. The van der Waals surface area contributed by atoms with Crippen LogP contribution in [0, 0.1) is 5.92 Å². The summed E-state index contributed by atoms with van der Waals surface area (Å²) in [6, 6.07) is 7.02. The number of rotatable bonds is 9. The van der Waals surface area contributed by atoms with Gasteiger partial charge in [-0.05, 0) is 75.1 Å². The maximum atomic E-state index is 14.4. The highest BCUT2D eigenvalue weighted by Crippen LogP contribution is 2.40. The van der Waals surface area contributed by atoms with Crippen LogP contribution in [-0.4, -0.2) is 133 Å². The molecule has 3 aromatic heterocycles. The van der Waals surface area contributed by atoms with E-state index in [0.717, 1.165) is 92.6 Å².